The molecule has 1 fully saturated rings. The summed E-state index contributed by atoms with van der Waals surface area (Å²) < 4.78 is 13.6. The van der Waals surface area contributed by atoms with E-state index in [9.17, 15) is 4.39 Å². The first kappa shape index (κ1) is 23.7. The summed E-state index contributed by atoms with van der Waals surface area (Å²) >= 11 is 1.51. The molecule has 1 aromatic carbocycles. The van der Waals surface area contributed by atoms with Gasteiger partial charge in [-0.05, 0) is 43.5 Å². The highest BCUT2D eigenvalue weighted by Crippen LogP contribution is 2.20. The van der Waals surface area contributed by atoms with Crippen LogP contribution in [0.2, 0.25) is 0 Å². The molecule has 0 atom stereocenters. The third-order valence-electron chi connectivity index (χ3n) is 4.77. The summed E-state index contributed by atoms with van der Waals surface area (Å²) in [5.41, 5.74) is 1.18. The molecular weight excluding hydrogens is 500 g/mol. The first-order valence-corrected chi connectivity index (χ1v) is 10.7. The number of piperidine rings is 1. The van der Waals surface area contributed by atoms with Crippen molar-refractivity contribution in [1.29, 1.82) is 0 Å². The summed E-state index contributed by atoms with van der Waals surface area (Å²) in [6.07, 6.45) is 4.01. The van der Waals surface area contributed by atoms with Gasteiger partial charge in [0, 0.05) is 49.6 Å². The van der Waals surface area contributed by atoms with E-state index < -0.39 is 0 Å². The number of halogens is 2. The number of thioether (sulfide) groups is 1. The average Bonchev–Trinajstić information content (AvgIpc) is 2.72. The highest BCUT2D eigenvalue weighted by molar-refractivity contribution is 14.0. The largest absolute Gasteiger partial charge is 0.356 e. The van der Waals surface area contributed by atoms with Gasteiger partial charge in [0.1, 0.15) is 11.6 Å². The molecule has 1 aliphatic heterocycles. The number of pyridine rings is 1. The second kappa shape index (κ2) is 12.2. The highest BCUT2D eigenvalue weighted by Gasteiger charge is 2.20. The number of nitrogens with one attached hydrogen (secondary N) is 2. The number of hydrogen-bond donors (Lipinski definition) is 2. The fourth-order valence-electron chi connectivity index (χ4n) is 3.18. The summed E-state index contributed by atoms with van der Waals surface area (Å²) in [5, 5.41) is 6.83. The molecule has 0 bridgehead atoms. The number of benzene rings is 1. The van der Waals surface area contributed by atoms with Crippen molar-refractivity contribution in [3.63, 3.8) is 0 Å². The van der Waals surface area contributed by atoms with Crippen LogP contribution >= 0.6 is 35.7 Å². The van der Waals surface area contributed by atoms with Gasteiger partial charge in [0.25, 0.3) is 0 Å². The van der Waals surface area contributed by atoms with Crippen molar-refractivity contribution in [1.82, 2.24) is 15.6 Å². The smallest absolute Gasteiger partial charge is 0.191 e. The van der Waals surface area contributed by atoms with Crippen LogP contribution in [0.3, 0.4) is 0 Å². The van der Waals surface area contributed by atoms with Crippen molar-refractivity contribution >= 4 is 47.5 Å². The zero-order chi connectivity index (χ0) is 19.8. The molecule has 0 amide bonds. The number of aryl methyl sites for hydroxylation is 1. The standard InChI is InChI=1S/C21H28FN5S.HI/c1-16-7-8-20(25-15-16)27-12-9-17(10-13-27)26-21(23-2)24-11-14-28-19-6-4-3-5-18(19)22;/h3-8,15,17H,9-14H2,1-2H3,(H2,23,24,26);1H. The number of anilines is 1. The van der Waals surface area contributed by atoms with Gasteiger partial charge < -0.3 is 15.5 Å². The van der Waals surface area contributed by atoms with Gasteiger partial charge in [0.05, 0.1) is 0 Å². The first-order valence-electron chi connectivity index (χ1n) is 9.68. The Balaban J connectivity index is 0.00000300. The fourth-order valence-corrected chi connectivity index (χ4v) is 3.98. The van der Waals surface area contributed by atoms with Gasteiger partial charge in [0.15, 0.2) is 5.96 Å². The molecule has 0 spiro atoms. The molecule has 0 aliphatic carbocycles. The van der Waals surface area contributed by atoms with Gasteiger partial charge in [-0.2, -0.15) is 0 Å². The van der Waals surface area contributed by atoms with Gasteiger partial charge in [-0.15, -0.1) is 35.7 Å². The van der Waals surface area contributed by atoms with E-state index in [2.05, 4.69) is 44.6 Å². The lowest BCUT2D eigenvalue weighted by atomic mass is 10.1. The van der Waals surface area contributed by atoms with Crippen LogP contribution in [0, 0.1) is 12.7 Å². The molecule has 2 heterocycles. The lowest BCUT2D eigenvalue weighted by Crippen LogP contribution is -2.49. The lowest BCUT2D eigenvalue weighted by Gasteiger charge is -2.33. The topological polar surface area (TPSA) is 52.6 Å². The van der Waals surface area contributed by atoms with E-state index in [1.54, 1.807) is 13.1 Å². The highest BCUT2D eigenvalue weighted by atomic mass is 127. The van der Waals surface area contributed by atoms with Crippen LogP contribution in [0.25, 0.3) is 0 Å². The Bertz CT molecular complexity index is 779. The normalized spacial score (nSPS) is 15.0. The molecule has 1 aliphatic rings. The van der Waals surface area contributed by atoms with Crippen molar-refractivity contribution in [2.45, 2.75) is 30.7 Å². The maximum absolute atomic E-state index is 13.6. The molecule has 3 rings (SSSR count). The molecule has 5 nitrogen and oxygen atoms in total. The van der Waals surface area contributed by atoms with E-state index in [4.69, 9.17) is 0 Å². The van der Waals surface area contributed by atoms with E-state index in [-0.39, 0.29) is 29.8 Å². The number of guanidine groups is 1. The number of rotatable bonds is 6. The van der Waals surface area contributed by atoms with Gasteiger partial charge in [-0.1, -0.05) is 18.2 Å². The number of aromatic nitrogens is 1. The average molecular weight is 529 g/mol. The van der Waals surface area contributed by atoms with Gasteiger partial charge in [0.2, 0.25) is 0 Å². The van der Waals surface area contributed by atoms with Crippen LogP contribution in [-0.2, 0) is 0 Å². The summed E-state index contributed by atoms with van der Waals surface area (Å²) in [6, 6.07) is 11.5. The monoisotopic (exact) mass is 529 g/mol. The van der Waals surface area contributed by atoms with E-state index in [0.717, 1.165) is 50.0 Å². The minimum Gasteiger partial charge on any atom is -0.356 e. The molecule has 0 radical (unpaired) electrons. The minimum absolute atomic E-state index is 0. The predicted octanol–water partition coefficient (Wildman–Crippen LogP) is 4.07. The summed E-state index contributed by atoms with van der Waals surface area (Å²) in [4.78, 5) is 11.9. The van der Waals surface area contributed by atoms with Crippen LogP contribution in [0.1, 0.15) is 18.4 Å². The minimum atomic E-state index is -0.162. The van der Waals surface area contributed by atoms with Crippen molar-refractivity contribution in [2.75, 3.05) is 37.3 Å². The lowest BCUT2D eigenvalue weighted by molar-refractivity contribution is 0.460. The summed E-state index contributed by atoms with van der Waals surface area (Å²) in [6.45, 7) is 4.74. The number of hydrogen-bond acceptors (Lipinski definition) is 4. The molecule has 29 heavy (non-hydrogen) atoms. The summed E-state index contributed by atoms with van der Waals surface area (Å²) in [5.74, 6) is 2.47. The van der Waals surface area contributed by atoms with Crippen molar-refractivity contribution < 1.29 is 4.39 Å². The zero-order valence-electron chi connectivity index (χ0n) is 16.9. The molecule has 158 valence electrons. The number of nitrogens with zero attached hydrogens (tertiary/aromatic N) is 3. The Morgan fingerprint density at radius 3 is 2.66 bits per heavy atom. The Hall–Kier alpha value is -1.55. The van der Waals surface area contributed by atoms with E-state index >= 15 is 0 Å². The van der Waals surface area contributed by atoms with Gasteiger partial charge >= 0.3 is 0 Å². The zero-order valence-corrected chi connectivity index (χ0v) is 20.0. The summed E-state index contributed by atoms with van der Waals surface area (Å²) in [7, 11) is 1.78. The third-order valence-corrected chi connectivity index (χ3v) is 5.82. The van der Waals surface area contributed by atoms with E-state index in [0.29, 0.717) is 10.9 Å². The Morgan fingerprint density at radius 2 is 2.00 bits per heavy atom. The molecule has 2 N–H and O–H groups in total. The van der Waals surface area contributed by atoms with Crippen molar-refractivity contribution in [3.05, 3.63) is 54.0 Å². The molecule has 8 heteroatoms. The quantitative estimate of drug-likeness (QED) is 0.194. The second-order valence-corrected chi connectivity index (χ2v) is 8.01. The van der Waals surface area contributed by atoms with Crippen LogP contribution < -0.4 is 15.5 Å². The fraction of sp³-hybridized carbons (Fsp3) is 0.429. The Labute approximate surface area is 194 Å². The van der Waals surface area contributed by atoms with E-state index in [1.165, 1.54) is 23.4 Å². The molecule has 1 aromatic heterocycles. The van der Waals surface area contributed by atoms with Gasteiger partial charge in [-0.25, -0.2) is 9.37 Å². The predicted molar refractivity (Wildman–Crippen MR) is 131 cm³/mol. The third kappa shape index (κ3) is 7.33. The van der Waals surface area contributed by atoms with Gasteiger partial charge in [-0.3, -0.25) is 4.99 Å². The molecule has 0 unspecified atom stereocenters. The second-order valence-electron chi connectivity index (χ2n) is 6.88. The maximum Gasteiger partial charge on any atom is 0.191 e. The van der Waals surface area contributed by atoms with E-state index in [1.807, 2.05) is 18.3 Å². The molecule has 1 saturated heterocycles. The molecule has 0 saturated carbocycles. The number of aliphatic imine (C=N–C) groups is 1. The van der Waals surface area contributed by atoms with Crippen LogP contribution in [0.5, 0.6) is 0 Å². The van der Waals surface area contributed by atoms with Crippen LogP contribution in [0.4, 0.5) is 10.2 Å². The SMILES string of the molecule is CN=C(NCCSc1ccccc1F)NC1CCN(c2ccc(C)cn2)CC1.I. The Morgan fingerprint density at radius 1 is 1.24 bits per heavy atom. The first-order chi connectivity index (χ1) is 13.7. The molecular formula is C21H29FIN5S. The maximum atomic E-state index is 13.6. The van der Waals surface area contributed by atoms with Crippen LogP contribution in [-0.4, -0.2) is 49.4 Å². The molecule has 2 aromatic rings. The van der Waals surface area contributed by atoms with Crippen LogP contribution in [0.15, 0.2) is 52.5 Å². The van der Waals surface area contributed by atoms with Crippen molar-refractivity contribution in [2.24, 2.45) is 4.99 Å². The van der Waals surface area contributed by atoms with Crippen molar-refractivity contribution in [3.8, 4) is 0 Å². The Kier molecular flexibility index (Phi) is 9.99.